The van der Waals surface area contributed by atoms with Gasteiger partial charge in [0, 0.05) is 26.1 Å². The number of ether oxygens (including phenoxy) is 3. The van der Waals surface area contributed by atoms with Crippen molar-refractivity contribution in [1.82, 2.24) is 4.90 Å². The minimum atomic E-state index is -0.357. The maximum Gasteiger partial charge on any atom is 0.228 e. The zero-order valence-electron chi connectivity index (χ0n) is 17.5. The number of fused-ring (bicyclic) bond motifs is 1. The van der Waals surface area contributed by atoms with Crippen LogP contribution in [0, 0.1) is 5.92 Å². The summed E-state index contributed by atoms with van der Waals surface area (Å²) >= 11 is 0. The van der Waals surface area contributed by atoms with Gasteiger partial charge in [0.15, 0.2) is 11.5 Å². The van der Waals surface area contributed by atoms with Crippen LogP contribution in [0.2, 0.25) is 0 Å². The van der Waals surface area contributed by atoms with Gasteiger partial charge in [-0.2, -0.15) is 0 Å². The Bertz CT molecular complexity index is 974. The van der Waals surface area contributed by atoms with Crippen LogP contribution in [-0.2, 0) is 22.6 Å². The Morgan fingerprint density at radius 1 is 0.967 bits per heavy atom. The highest BCUT2D eigenvalue weighted by atomic mass is 16.5. The zero-order valence-corrected chi connectivity index (χ0v) is 17.5. The van der Waals surface area contributed by atoms with Crippen molar-refractivity contribution in [3.05, 3.63) is 47.5 Å². The third kappa shape index (κ3) is 3.56. The number of hydrogen-bond acceptors (Lipinski definition) is 5. The van der Waals surface area contributed by atoms with E-state index in [1.165, 1.54) is 0 Å². The minimum Gasteiger partial charge on any atom is -0.495 e. The molecule has 1 saturated heterocycles. The number of hydrogen-bond donors (Lipinski definition) is 0. The summed E-state index contributed by atoms with van der Waals surface area (Å²) in [5.74, 6) is 1.59. The van der Waals surface area contributed by atoms with Crippen molar-refractivity contribution in [2.45, 2.75) is 19.4 Å². The number of carbonyl (C=O) groups is 2. The van der Waals surface area contributed by atoms with Gasteiger partial charge in [-0.3, -0.25) is 9.59 Å². The molecule has 0 aromatic heterocycles. The molecule has 2 aliphatic rings. The van der Waals surface area contributed by atoms with E-state index in [1.54, 1.807) is 26.2 Å². The molecule has 2 heterocycles. The van der Waals surface area contributed by atoms with Crippen molar-refractivity contribution in [3.8, 4) is 17.2 Å². The van der Waals surface area contributed by atoms with Gasteiger partial charge in [-0.05, 0) is 41.8 Å². The number of amides is 2. The van der Waals surface area contributed by atoms with E-state index in [0.717, 1.165) is 17.5 Å². The van der Waals surface area contributed by atoms with Crippen molar-refractivity contribution in [1.29, 1.82) is 0 Å². The molecule has 158 valence electrons. The van der Waals surface area contributed by atoms with Crippen molar-refractivity contribution < 1.29 is 23.8 Å². The second-order valence-corrected chi connectivity index (χ2v) is 7.56. The number of nitrogens with zero attached hydrogens (tertiary/aromatic N) is 2. The Morgan fingerprint density at radius 2 is 1.63 bits per heavy atom. The smallest absolute Gasteiger partial charge is 0.228 e. The van der Waals surface area contributed by atoms with Crippen LogP contribution in [0.3, 0.4) is 0 Å². The van der Waals surface area contributed by atoms with E-state index >= 15 is 0 Å². The third-order valence-corrected chi connectivity index (χ3v) is 5.88. The average molecular weight is 410 g/mol. The van der Waals surface area contributed by atoms with E-state index in [4.69, 9.17) is 14.2 Å². The molecule has 0 saturated carbocycles. The Morgan fingerprint density at radius 3 is 2.33 bits per heavy atom. The van der Waals surface area contributed by atoms with Crippen LogP contribution < -0.4 is 19.1 Å². The highest BCUT2D eigenvalue weighted by molar-refractivity contribution is 6.01. The van der Waals surface area contributed by atoms with E-state index in [-0.39, 0.29) is 24.2 Å². The Hall–Kier alpha value is -3.22. The molecule has 0 bridgehead atoms. The molecule has 7 nitrogen and oxygen atoms in total. The van der Waals surface area contributed by atoms with Crippen LogP contribution in [0.1, 0.15) is 17.5 Å². The summed E-state index contributed by atoms with van der Waals surface area (Å²) in [5, 5.41) is 0. The lowest BCUT2D eigenvalue weighted by Crippen LogP contribution is -2.40. The predicted molar refractivity (Wildman–Crippen MR) is 112 cm³/mol. The van der Waals surface area contributed by atoms with Crippen molar-refractivity contribution in [2.75, 3.05) is 39.3 Å². The maximum atomic E-state index is 13.2. The third-order valence-electron chi connectivity index (χ3n) is 5.88. The van der Waals surface area contributed by atoms with Gasteiger partial charge in [0.25, 0.3) is 0 Å². The first-order valence-corrected chi connectivity index (χ1v) is 10.0. The van der Waals surface area contributed by atoms with Crippen LogP contribution in [0.15, 0.2) is 36.4 Å². The van der Waals surface area contributed by atoms with E-state index in [2.05, 4.69) is 0 Å². The number of anilines is 1. The molecule has 0 radical (unpaired) electrons. The first-order chi connectivity index (χ1) is 14.5. The zero-order chi connectivity index (χ0) is 21.3. The second kappa shape index (κ2) is 8.26. The first kappa shape index (κ1) is 20.1. The number of carbonyl (C=O) groups excluding carboxylic acids is 2. The molecule has 7 heteroatoms. The normalized spacial score (nSPS) is 18.2. The maximum absolute atomic E-state index is 13.2. The first-order valence-electron chi connectivity index (χ1n) is 10.0. The molecule has 4 rings (SSSR count). The summed E-state index contributed by atoms with van der Waals surface area (Å²) in [6, 6.07) is 11.3. The molecule has 0 N–H and O–H groups in total. The summed E-state index contributed by atoms with van der Waals surface area (Å²) < 4.78 is 16.2. The molecule has 30 heavy (non-hydrogen) atoms. The van der Waals surface area contributed by atoms with Gasteiger partial charge >= 0.3 is 0 Å². The van der Waals surface area contributed by atoms with E-state index in [1.807, 2.05) is 41.3 Å². The van der Waals surface area contributed by atoms with Gasteiger partial charge in [-0.15, -0.1) is 0 Å². The highest BCUT2D eigenvalue weighted by Crippen LogP contribution is 2.36. The second-order valence-electron chi connectivity index (χ2n) is 7.56. The molecule has 2 aliphatic heterocycles. The molecule has 1 atom stereocenters. The molecule has 2 aromatic carbocycles. The van der Waals surface area contributed by atoms with Gasteiger partial charge in [-0.25, -0.2) is 0 Å². The number of para-hydroxylation sites is 2. The number of methoxy groups -OCH3 is 3. The van der Waals surface area contributed by atoms with Crippen LogP contribution in [0.25, 0.3) is 0 Å². The lowest BCUT2D eigenvalue weighted by atomic mass is 9.97. The average Bonchev–Trinajstić information content (AvgIpc) is 3.18. The number of benzene rings is 2. The summed E-state index contributed by atoms with van der Waals surface area (Å²) in [6.07, 6.45) is 0.963. The Balaban J connectivity index is 1.50. The van der Waals surface area contributed by atoms with Crippen LogP contribution in [0.5, 0.6) is 17.2 Å². The summed E-state index contributed by atoms with van der Waals surface area (Å²) in [7, 11) is 4.80. The molecule has 2 amide bonds. The van der Waals surface area contributed by atoms with Crippen molar-refractivity contribution in [3.63, 3.8) is 0 Å². The lowest BCUT2D eigenvalue weighted by molar-refractivity contribution is -0.136. The summed E-state index contributed by atoms with van der Waals surface area (Å²) in [5.41, 5.74) is 2.93. The van der Waals surface area contributed by atoms with Crippen molar-refractivity contribution in [2.24, 2.45) is 5.92 Å². The SMILES string of the molecule is COc1cc2c(cc1OC)CN(C(=O)[C@@H]1CC(=O)N(c3ccccc3OC)C1)CC2. The minimum absolute atomic E-state index is 0.0150. The Kier molecular flexibility index (Phi) is 5.53. The molecule has 1 fully saturated rings. The fourth-order valence-corrected chi connectivity index (χ4v) is 4.29. The molecule has 0 unspecified atom stereocenters. The topological polar surface area (TPSA) is 68.3 Å². The monoisotopic (exact) mass is 410 g/mol. The largest absolute Gasteiger partial charge is 0.495 e. The fraction of sp³-hybridized carbons (Fsp3) is 0.391. The fourth-order valence-electron chi connectivity index (χ4n) is 4.29. The predicted octanol–water partition coefficient (Wildman–Crippen LogP) is 2.65. The lowest BCUT2D eigenvalue weighted by Gasteiger charge is -2.31. The van der Waals surface area contributed by atoms with Gasteiger partial charge in [0.2, 0.25) is 11.8 Å². The van der Waals surface area contributed by atoms with Gasteiger partial charge in [-0.1, -0.05) is 12.1 Å². The summed E-state index contributed by atoms with van der Waals surface area (Å²) in [6.45, 7) is 1.50. The van der Waals surface area contributed by atoms with Gasteiger partial charge in [0.05, 0.1) is 32.9 Å². The van der Waals surface area contributed by atoms with Gasteiger partial charge in [0.1, 0.15) is 5.75 Å². The summed E-state index contributed by atoms with van der Waals surface area (Å²) in [4.78, 5) is 29.4. The molecule has 0 spiro atoms. The molecular formula is C23H26N2O5. The number of rotatable bonds is 5. The van der Waals surface area contributed by atoms with Crippen LogP contribution in [0.4, 0.5) is 5.69 Å². The van der Waals surface area contributed by atoms with E-state index in [0.29, 0.717) is 42.6 Å². The molecular weight excluding hydrogens is 384 g/mol. The standard InChI is InChI=1S/C23H26N2O5/c1-28-19-7-5-4-6-18(19)25-14-17(12-22(25)26)23(27)24-9-8-15-10-20(29-2)21(30-3)11-16(15)13-24/h4-7,10-11,17H,8-9,12-14H2,1-3H3/t17-/m1/s1. The van der Waals surface area contributed by atoms with E-state index in [9.17, 15) is 9.59 Å². The quantitative estimate of drug-likeness (QED) is 0.758. The van der Waals surface area contributed by atoms with Crippen LogP contribution in [-0.4, -0.2) is 51.1 Å². The van der Waals surface area contributed by atoms with Crippen molar-refractivity contribution >= 4 is 17.5 Å². The van der Waals surface area contributed by atoms with Gasteiger partial charge < -0.3 is 24.0 Å². The molecule has 2 aromatic rings. The van der Waals surface area contributed by atoms with Crippen LogP contribution >= 0.6 is 0 Å². The molecule has 0 aliphatic carbocycles. The van der Waals surface area contributed by atoms with E-state index < -0.39 is 0 Å². The Labute approximate surface area is 176 Å². The highest BCUT2D eigenvalue weighted by Gasteiger charge is 2.38.